The van der Waals surface area contributed by atoms with Crippen LogP contribution in [0.4, 0.5) is 0 Å². The third-order valence-electron chi connectivity index (χ3n) is 2.27. The number of aromatic nitrogens is 3. The summed E-state index contributed by atoms with van der Waals surface area (Å²) in [5.74, 6) is 0.841. The molecule has 2 N–H and O–H groups in total. The molecule has 0 aliphatic rings. The van der Waals surface area contributed by atoms with E-state index in [9.17, 15) is 0 Å². The molecule has 0 aliphatic carbocycles. The van der Waals surface area contributed by atoms with Crippen LogP contribution < -0.4 is 5.73 Å². The number of thioether (sulfide) groups is 1. The summed E-state index contributed by atoms with van der Waals surface area (Å²) >= 11 is 13.6. The molecule has 1 heterocycles. The van der Waals surface area contributed by atoms with Crippen molar-refractivity contribution in [1.82, 2.24) is 15.0 Å². The van der Waals surface area contributed by atoms with Gasteiger partial charge in [0.1, 0.15) is 0 Å². The summed E-state index contributed by atoms with van der Waals surface area (Å²) in [5.41, 5.74) is 6.26. The molecule has 0 saturated heterocycles. The number of rotatable bonds is 5. The molecular formula is C11H12Cl2N4S. The zero-order chi connectivity index (χ0) is 13.0. The third-order valence-corrected chi connectivity index (χ3v) is 3.98. The van der Waals surface area contributed by atoms with Crippen LogP contribution in [0.25, 0.3) is 0 Å². The third kappa shape index (κ3) is 3.62. The summed E-state index contributed by atoms with van der Waals surface area (Å²) in [7, 11) is 0. The highest BCUT2D eigenvalue weighted by Gasteiger charge is 2.03. The van der Waals surface area contributed by atoms with Crippen LogP contribution in [0.15, 0.2) is 29.3 Å². The minimum Gasteiger partial charge on any atom is -0.325 e. The summed E-state index contributed by atoms with van der Waals surface area (Å²) < 4.78 is 1.77. The fourth-order valence-electron chi connectivity index (χ4n) is 1.38. The minimum absolute atomic E-state index is 0.410. The smallest absolute Gasteiger partial charge is 0.0962 e. The van der Waals surface area contributed by atoms with Gasteiger partial charge in [-0.05, 0) is 18.2 Å². The summed E-state index contributed by atoms with van der Waals surface area (Å²) in [5, 5.41) is 9.30. The molecule has 0 radical (unpaired) electrons. The molecule has 0 fully saturated rings. The van der Waals surface area contributed by atoms with Crippen molar-refractivity contribution in [2.24, 2.45) is 5.73 Å². The Morgan fingerprint density at radius 1 is 1.33 bits per heavy atom. The molecule has 96 valence electrons. The second kappa shape index (κ2) is 6.43. The van der Waals surface area contributed by atoms with Gasteiger partial charge in [0.2, 0.25) is 0 Å². The summed E-state index contributed by atoms with van der Waals surface area (Å²) in [6.07, 6.45) is 1.85. The van der Waals surface area contributed by atoms with Crippen molar-refractivity contribution in [3.63, 3.8) is 0 Å². The van der Waals surface area contributed by atoms with Crippen molar-refractivity contribution >= 4 is 35.0 Å². The van der Waals surface area contributed by atoms with Gasteiger partial charge in [0.25, 0.3) is 0 Å². The van der Waals surface area contributed by atoms with E-state index in [1.54, 1.807) is 28.6 Å². The van der Waals surface area contributed by atoms with Crippen molar-refractivity contribution in [3.05, 3.63) is 40.1 Å². The van der Waals surface area contributed by atoms with Crippen molar-refractivity contribution in [3.8, 4) is 0 Å². The molecule has 18 heavy (non-hydrogen) atoms. The topological polar surface area (TPSA) is 56.7 Å². The Morgan fingerprint density at radius 3 is 2.89 bits per heavy atom. The van der Waals surface area contributed by atoms with Crippen LogP contribution in [0, 0.1) is 0 Å². The largest absolute Gasteiger partial charge is 0.325 e. The van der Waals surface area contributed by atoms with Crippen LogP contribution in [0.2, 0.25) is 10.0 Å². The predicted octanol–water partition coefficient (Wildman–Crippen LogP) is 2.84. The number of aryl methyl sites for hydroxylation is 1. The fourth-order valence-corrected chi connectivity index (χ4v) is 2.81. The van der Waals surface area contributed by atoms with Gasteiger partial charge in [0, 0.05) is 28.4 Å². The molecule has 0 amide bonds. The summed E-state index contributed by atoms with van der Waals surface area (Å²) in [6.45, 7) is 1.16. The van der Waals surface area contributed by atoms with Crippen LogP contribution in [0.3, 0.4) is 0 Å². The van der Waals surface area contributed by atoms with Gasteiger partial charge in [-0.15, -0.1) is 16.9 Å². The van der Waals surface area contributed by atoms with Gasteiger partial charge in [0.15, 0.2) is 0 Å². The first kappa shape index (κ1) is 13.7. The normalized spacial score (nSPS) is 10.8. The number of benzene rings is 1. The highest BCUT2D eigenvalue weighted by molar-refractivity contribution is 7.99. The Labute approximate surface area is 119 Å². The maximum absolute atomic E-state index is 6.07. The van der Waals surface area contributed by atoms with E-state index < -0.39 is 0 Å². The zero-order valence-corrected chi connectivity index (χ0v) is 11.8. The van der Waals surface area contributed by atoms with Crippen LogP contribution in [0.5, 0.6) is 0 Å². The molecule has 0 unspecified atom stereocenters. The zero-order valence-electron chi connectivity index (χ0n) is 9.51. The number of halogens is 2. The van der Waals surface area contributed by atoms with Gasteiger partial charge in [-0.2, -0.15) is 0 Å². The molecule has 0 bridgehead atoms. The molecule has 7 heteroatoms. The standard InChI is InChI=1S/C11H12Cl2N4S/c12-8-1-2-10(13)11(5-8)18-4-3-17-7-9(6-14)15-16-17/h1-2,5,7H,3-4,6,14H2. The summed E-state index contributed by atoms with van der Waals surface area (Å²) in [4.78, 5) is 0.975. The van der Waals surface area contributed by atoms with Crippen molar-refractivity contribution in [2.75, 3.05) is 5.75 Å². The molecule has 1 aromatic carbocycles. The second-order valence-electron chi connectivity index (χ2n) is 3.60. The Bertz CT molecular complexity index is 530. The Hall–Kier alpha value is -0.750. The van der Waals surface area contributed by atoms with E-state index in [-0.39, 0.29) is 0 Å². The monoisotopic (exact) mass is 302 g/mol. The maximum Gasteiger partial charge on any atom is 0.0962 e. The van der Waals surface area contributed by atoms with Gasteiger partial charge in [-0.3, -0.25) is 4.68 Å². The SMILES string of the molecule is NCc1cn(CCSc2cc(Cl)ccc2Cl)nn1. The van der Waals surface area contributed by atoms with E-state index in [2.05, 4.69) is 10.3 Å². The van der Waals surface area contributed by atoms with Crippen LogP contribution in [-0.4, -0.2) is 20.7 Å². The van der Waals surface area contributed by atoms with Crippen LogP contribution in [-0.2, 0) is 13.1 Å². The van der Waals surface area contributed by atoms with Gasteiger partial charge in [-0.25, -0.2) is 0 Å². The molecule has 0 aliphatic heterocycles. The Kier molecular flexibility index (Phi) is 4.88. The van der Waals surface area contributed by atoms with E-state index in [4.69, 9.17) is 28.9 Å². The second-order valence-corrected chi connectivity index (χ2v) is 5.58. The predicted molar refractivity (Wildman–Crippen MR) is 75.1 cm³/mol. The van der Waals surface area contributed by atoms with E-state index in [0.717, 1.165) is 22.9 Å². The highest BCUT2D eigenvalue weighted by Crippen LogP contribution is 2.29. The summed E-state index contributed by atoms with van der Waals surface area (Å²) in [6, 6.07) is 5.44. The lowest BCUT2D eigenvalue weighted by atomic mass is 10.4. The highest BCUT2D eigenvalue weighted by atomic mass is 35.5. The average Bonchev–Trinajstić information content (AvgIpc) is 2.81. The number of hydrogen-bond donors (Lipinski definition) is 1. The van der Waals surface area contributed by atoms with Gasteiger partial charge in [-0.1, -0.05) is 28.4 Å². The fraction of sp³-hybridized carbons (Fsp3) is 0.273. The average molecular weight is 303 g/mol. The quantitative estimate of drug-likeness (QED) is 0.863. The van der Waals surface area contributed by atoms with Gasteiger partial charge >= 0.3 is 0 Å². The van der Waals surface area contributed by atoms with Crippen LogP contribution in [0.1, 0.15) is 5.69 Å². The Morgan fingerprint density at radius 2 is 2.17 bits per heavy atom. The van der Waals surface area contributed by atoms with Gasteiger partial charge < -0.3 is 5.73 Å². The van der Waals surface area contributed by atoms with Crippen molar-refractivity contribution < 1.29 is 0 Å². The van der Waals surface area contributed by atoms with Crippen LogP contribution >= 0.6 is 35.0 Å². The van der Waals surface area contributed by atoms with E-state index in [0.29, 0.717) is 16.6 Å². The number of nitrogens with zero attached hydrogens (tertiary/aromatic N) is 3. The Balaban J connectivity index is 1.90. The van der Waals surface area contributed by atoms with Crippen molar-refractivity contribution in [1.29, 1.82) is 0 Å². The maximum atomic E-state index is 6.07. The lowest BCUT2D eigenvalue weighted by Gasteiger charge is -2.04. The lowest BCUT2D eigenvalue weighted by molar-refractivity contribution is 0.632. The van der Waals surface area contributed by atoms with Gasteiger partial charge in [0.05, 0.1) is 17.3 Å². The van der Waals surface area contributed by atoms with E-state index in [1.165, 1.54) is 0 Å². The first-order valence-corrected chi connectivity index (χ1v) is 7.10. The molecule has 1 aromatic heterocycles. The minimum atomic E-state index is 0.410. The molecule has 2 rings (SSSR count). The lowest BCUT2D eigenvalue weighted by Crippen LogP contribution is -2.01. The molecule has 2 aromatic rings. The first-order chi connectivity index (χ1) is 8.69. The van der Waals surface area contributed by atoms with E-state index >= 15 is 0 Å². The molecule has 4 nitrogen and oxygen atoms in total. The molecule has 0 saturated carbocycles. The first-order valence-electron chi connectivity index (χ1n) is 5.36. The van der Waals surface area contributed by atoms with E-state index in [1.807, 2.05) is 12.3 Å². The molecule has 0 spiro atoms. The number of nitrogens with two attached hydrogens (primary N) is 1. The molecule has 0 atom stereocenters. The molecular weight excluding hydrogens is 291 g/mol. The van der Waals surface area contributed by atoms with Crippen molar-refractivity contribution in [2.45, 2.75) is 18.0 Å². The number of hydrogen-bond acceptors (Lipinski definition) is 4.